The van der Waals surface area contributed by atoms with E-state index in [4.69, 9.17) is 0 Å². The van der Waals surface area contributed by atoms with Gasteiger partial charge >= 0.3 is 0 Å². The second kappa shape index (κ2) is 4.99. The van der Waals surface area contributed by atoms with Crippen molar-refractivity contribution in [2.75, 3.05) is 20.1 Å². The first kappa shape index (κ1) is 11.6. The first-order valence-electron chi connectivity index (χ1n) is 5.74. The Morgan fingerprint density at radius 2 is 2.24 bits per heavy atom. The summed E-state index contributed by atoms with van der Waals surface area (Å²) >= 11 is 0. The highest BCUT2D eigenvalue weighted by Crippen LogP contribution is 2.18. The van der Waals surface area contributed by atoms with Crippen molar-refractivity contribution in [2.24, 2.45) is 4.99 Å². The third-order valence-corrected chi connectivity index (χ3v) is 2.91. The number of phenolic OH excluding ortho intramolecular Hbond substituents is 1. The van der Waals surface area contributed by atoms with E-state index in [9.17, 15) is 9.90 Å². The van der Waals surface area contributed by atoms with Gasteiger partial charge in [0, 0.05) is 20.1 Å². The molecule has 1 aromatic carbocycles. The van der Waals surface area contributed by atoms with E-state index in [-0.39, 0.29) is 18.0 Å². The summed E-state index contributed by atoms with van der Waals surface area (Å²) < 4.78 is 0. The van der Waals surface area contributed by atoms with Crippen molar-refractivity contribution in [1.29, 1.82) is 0 Å². The van der Waals surface area contributed by atoms with Gasteiger partial charge in [-0.2, -0.15) is 0 Å². The maximum absolute atomic E-state index is 12.0. The second-order valence-electron chi connectivity index (χ2n) is 4.19. The number of hydrogen-bond acceptors (Lipinski definition) is 4. The van der Waals surface area contributed by atoms with Crippen LogP contribution >= 0.6 is 0 Å². The topological polar surface area (TPSA) is 52.9 Å². The molecule has 1 aliphatic rings. The number of para-hydroxylation sites is 1. The van der Waals surface area contributed by atoms with Crippen LogP contribution in [0.5, 0.6) is 5.75 Å². The lowest BCUT2D eigenvalue weighted by Gasteiger charge is -2.24. The Labute approximate surface area is 101 Å². The Balaban J connectivity index is 2.12. The molecule has 0 unspecified atom stereocenters. The molecule has 0 amide bonds. The molecule has 2 rings (SSSR count). The molecule has 1 aromatic rings. The van der Waals surface area contributed by atoms with Gasteiger partial charge in [-0.05, 0) is 18.6 Å². The predicted molar refractivity (Wildman–Crippen MR) is 66.6 cm³/mol. The van der Waals surface area contributed by atoms with Gasteiger partial charge in [-0.15, -0.1) is 0 Å². The Morgan fingerprint density at radius 3 is 2.94 bits per heavy atom. The Kier molecular flexibility index (Phi) is 3.42. The van der Waals surface area contributed by atoms with Crippen LogP contribution in [0.1, 0.15) is 23.2 Å². The number of ketones is 1. The van der Waals surface area contributed by atoms with Crippen molar-refractivity contribution in [3.8, 4) is 5.75 Å². The van der Waals surface area contributed by atoms with Crippen LogP contribution < -0.4 is 0 Å². The number of carbonyl (C=O) groups is 1. The van der Waals surface area contributed by atoms with Crippen molar-refractivity contribution in [3.05, 3.63) is 29.8 Å². The lowest BCUT2D eigenvalue weighted by molar-refractivity contribution is 0.0994. The highest BCUT2D eigenvalue weighted by Gasteiger charge is 2.17. The van der Waals surface area contributed by atoms with Crippen molar-refractivity contribution < 1.29 is 9.90 Å². The van der Waals surface area contributed by atoms with E-state index in [0.29, 0.717) is 5.56 Å². The number of Topliss-reactive ketones (excluding diaryl/α,β-unsaturated/α-hetero) is 1. The van der Waals surface area contributed by atoms with Gasteiger partial charge in [0.1, 0.15) is 11.6 Å². The minimum absolute atomic E-state index is 0.0385. The largest absolute Gasteiger partial charge is 0.507 e. The number of carbonyl (C=O) groups excluding carboxylic acids is 1. The van der Waals surface area contributed by atoms with Crippen LogP contribution in [0.15, 0.2) is 29.3 Å². The zero-order valence-corrected chi connectivity index (χ0v) is 9.89. The van der Waals surface area contributed by atoms with Gasteiger partial charge in [0.15, 0.2) is 5.78 Å². The molecule has 90 valence electrons. The molecule has 0 saturated carbocycles. The molecular weight excluding hydrogens is 216 g/mol. The Morgan fingerprint density at radius 1 is 1.47 bits per heavy atom. The van der Waals surface area contributed by atoms with E-state index in [0.717, 1.165) is 25.3 Å². The number of aromatic hydroxyl groups is 1. The van der Waals surface area contributed by atoms with Crippen LogP contribution in [0.2, 0.25) is 0 Å². The lowest BCUT2D eigenvalue weighted by Crippen LogP contribution is -2.33. The molecule has 0 aliphatic carbocycles. The van der Waals surface area contributed by atoms with E-state index < -0.39 is 0 Å². The molecular formula is C13H16N2O2. The van der Waals surface area contributed by atoms with Crippen LogP contribution in [0, 0.1) is 0 Å². The number of amidine groups is 1. The number of aliphatic imine (C=N–C) groups is 1. The Hall–Kier alpha value is -1.84. The van der Waals surface area contributed by atoms with Gasteiger partial charge in [0.25, 0.3) is 0 Å². The van der Waals surface area contributed by atoms with Crippen molar-refractivity contribution in [2.45, 2.75) is 12.8 Å². The standard InChI is InChI=1S/C13H16N2O2/c1-15-8-4-7-14-13(15)9-12(17)10-5-2-3-6-11(10)16/h2-3,5-6,16H,4,7-9H2,1H3. The minimum atomic E-state index is -0.0874. The fourth-order valence-corrected chi connectivity index (χ4v) is 1.90. The maximum atomic E-state index is 12.0. The monoisotopic (exact) mass is 232 g/mol. The summed E-state index contributed by atoms with van der Waals surface area (Å²) in [5.41, 5.74) is 0.370. The number of benzene rings is 1. The predicted octanol–water partition coefficient (Wildman–Crippen LogP) is 1.70. The average Bonchev–Trinajstić information content (AvgIpc) is 2.32. The summed E-state index contributed by atoms with van der Waals surface area (Å²) in [6.07, 6.45) is 1.29. The van der Waals surface area contributed by atoms with E-state index in [1.54, 1.807) is 18.2 Å². The zero-order valence-electron chi connectivity index (χ0n) is 9.89. The molecule has 4 nitrogen and oxygen atoms in total. The molecule has 0 radical (unpaired) electrons. The third-order valence-electron chi connectivity index (χ3n) is 2.91. The minimum Gasteiger partial charge on any atom is -0.507 e. The molecule has 4 heteroatoms. The molecule has 0 spiro atoms. The molecule has 1 N–H and O–H groups in total. The van der Waals surface area contributed by atoms with Gasteiger partial charge in [-0.25, -0.2) is 0 Å². The maximum Gasteiger partial charge on any atom is 0.174 e. The fraction of sp³-hybridized carbons (Fsp3) is 0.385. The van der Waals surface area contributed by atoms with Crippen molar-refractivity contribution >= 4 is 11.6 Å². The van der Waals surface area contributed by atoms with Crippen LogP contribution in [0.25, 0.3) is 0 Å². The SMILES string of the molecule is CN1CCCN=C1CC(=O)c1ccccc1O. The van der Waals surface area contributed by atoms with Crippen LogP contribution in [-0.4, -0.2) is 41.8 Å². The lowest BCUT2D eigenvalue weighted by atomic mass is 10.1. The highest BCUT2D eigenvalue weighted by atomic mass is 16.3. The quantitative estimate of drug-likeness (QED) is 0.807. The van der Waals surface area contributed by atoms with Gasteiger partial charge in [0.2, 0.25) is 0 Å². The number of hydrogen-bond donors (Lipinski definition) is 1. The smallest absolute Gasteiger partial charge is 0.174 e. The normalized spacial score (nSPS) is 15.6. The van der Waals surface area contributed by atoms with Crippen molar-refractivity contribution in [3.63, 3.8) is 0 Å². The first-order valence-corrected chi connectivity index (χ1v) is 5.74. The molecule has 1 aliphatic heterocycles. The number of nitrogens with zero attached hydrogens (tertiary/aromatic N) is 2. The summed E-state index contributed by atoms with van der Waals surface area (Å²) in [6, 6.07) is 6.62. The molecule has 0 fully saturated rings. The molecule has 0 saturated heterocycles. The zero-order chi connectivity index (χ0) is 12.3. The summed E-state index contributed by atoms with van der Waals surface area (Å²) in [5, 5.41) is 9.60. The van der Waals surface area contributed by atoms with Crippen LogP contribution in [0.4, 0.5) is 0 Å². The highest BCUT2D eigenvalue weighted by molar-refractivity contribution is 6.10. The van der Waals surface area contributed by atoms with Gasteiger partial charge < -0.3 is 10.0 Å². The first-order chi connectivity index (χ1) is 8.18. The van der Waals surface area contributed by atoms with E-state index >= 15 is 0 Å². The van der Waals surface area contributed by atoms with Gasteiger partial charge in [0.05, 0.1) is 12.0 Å². The summed E-state index contributed by atoms with van der Waals surface area (Å²) in [4.78, 5) is 18.4. The van der Waals surface area contributed by atoms with E-state index in [1.165, 1.54) is 6.07 Å². The van der Waals surface area contributed by atoms with Crippen molar-refractivity contribution in [1.82, 2.24) is 4.90 Å². The Bertz CT molecular complexity index is 454. The fourth-order valence-electron chi connectivity index (χ4n) is 1.90. The van der Waals surface area contributed by atoms with Crippen LogP contribution in [-0.2, 0) is 0 Å². The molecule has 17 heavy (non-hydrogen) atoms. The number of rotatable bonds is 3. The van der Waals surface area contributed by atoms with Gasteiger partial charge in [-0.1, -0.05) is 12.1 Å². The summed E-state index contributed by atoms with van der Waals surface area (Å²) in [5.74, 6) is 0.761. The molecule has 0 bridgehead atoms. The summed E-state index contributed by atoms with van der Waals surface area (Å²) in [6.45, 7) is 1.72. The molecule has 1 heterocycles. The van der Waals surface area contributed by atoms with E-state index in [1.807, 2.05) is 11.9 Å². The average molecular weight is 232 g/mol. The third kappa shape index (κ3) is 2.64. The molecule has 0 aromatic heterocycles. The second-order valence-corrected chi connectivity index (χ2v) is 4.19. The van der Waals surface area contributed by atoms with Gasteiger partial charge in [-0.3, -0.25) is 9.79 Å². The molecule has 0 atom stereocenters. The van der Waals surface area contributed by atoms with E-state index in [2.05, 4.69) is 4.99 Å². The van der Waals surface area contributed by atoms with Crippen LogP contribution in [0.3, 0.4) is 0 Å². The summed E-state index contributed by atoms with van der Waals surface area (Å²) in [7, 11) is 1.94. The number of phenols is 1.